The third kappa shape index (κ3) is 1.91. The van der Waals surface area contributed by atoms with E-state index in [1.54, 1.807) is 6.92 Å². The van der Waals surface area contributed by atoms with Crippen LogP contribution in [0.25, 0.3) is 5.52 Å². The average Bonchev–Trinajstić information content (AvgIpc) is 2.80. The standard InChI is InChI=1S/C16H20N2O2/c1-10(16(19)20)15-12-7-6-11(17-2)9-14(12)18-8-4-3-5-13(15)18/h3-5,8,10-11,17H,6-7,9H2,1-2H3,(H,19,20)/t10?,11-/m0/s1. The van der Waals surface area contributed by atoms with Crippen molar-refractivity contribution in [3.8, 4) is 0 Å². The molecule has 2 aromatic heterocycles. The van der Waals surface area contributed by atoms with Gasteiger partial charge in [0.2, 0.25) is 0 Å². The van der Waals surface area contributed by atoms with Crippen molar-refractivity contribution in [2.45, 2.75) is 38.1 Å². The van der Waals surface area contributed by atoms with Crippen molar-refractivity contribution < 1.29 is 9.90 Å². The molecule has 0 spiro atoms. The van der Waals surface area contributed by atoms with Gasteiger partial charge >= 0.3 is 5.97 Å². The Morgan fingerprint density at radius 2 is 2.30 bits per heavy atom. The first-order chi connectivity index (χ1) is 9.63. The van der Waals surface area contributed by atoms with Crippen LogP contribution in [0.1, 0.15) is 36.1 Å². The summed E-state index contributed by atoms with van der Waals surface area (Å²) in [4.78, 5) is 11.4. The molecule has 20 heavy (non-hydrogen) atoms. The molecule has 106 valence electrons. The van der Waals surface area contributed by atoms with Crippen LogP contribution in [0.4, 0.5) is 0 Å². The van der Waals surface area contributed by atoms with Gasteiger partial charge in [0.15, 0.2) is 0 Å². The fourth-order valence-corrected chi connectivity index (χ4v) is 3.36. The smallest absolute Gasteiger partial charge is 0.310 e. The first-order valence-electron chi connectivity index (χ1n) is 7.14. The Labute approximate surface area is 118 Å². The second kappa shape index (κ2) is 4.94. The molecule has 1 unspecified atom stereocenters. The molecule has 2 atom stereocenters. The SMILES string of the molecule is CN[C@H]1CCc2c(C(C)C(=O)O)c3ccccn3c2C1. The molecule has 2 aromatic rings. The van der Waals surface area contributed by atoms with Gasteiger partial charge in [0.1, 0.15) is 0 Å². The molecule has 4 heteroatoms. The minimum Gasteiger partial charge on any atom is -0.481 e. The molecule has 0 amide bonds. The van der Waals surface area contributed by atoms with Gasteiger partial charge in [0.05, 0.1) is 5.92 Å². The maximum Gasteiger partial charge on any atom is 0.310 e. The Morgan fingerprint density at radius 3 is 3.00 bits per heavy atom. The number of aromatic nitrogens is 1. The molecule has 0 saturated heterocycles. The molecular formula is C16H20N2O2. The number of carbonyl (C=O) groups is 1. The Bertz CT molecular complexity index is 660. The zero-order valence-corrected chi connectivity index (χ0v) is 11.9. The summed E-state index contributed by atoms with van der Waals surface area (Å²) in [6, 6.07) is 6.50. The maximum atomic E-state index is 11.4. The van der Waals surface area contributed by atoms with Crippen LogP contribution < -0.4 is 5.32 Å². The summed E-state index contributed by atoms with van der Waals surface area (Å²) >= 11 is 0. The van der Waals surface area contributed by atoms with Crippen LogP contribution in [0.5, 0.6) is 0 Å². The molecule has 0 saturated carbocycles. The predicted molar refractivity (Wildman–Crippen MR) is 78.3 cm³/mol. The molecular weight excluding hydrogens is 252 g/mol. The Morgan fingerprint density at radius 1 is 1.50 bits per heavy atom. The quantitative estimate of drug-likeness (QED) is 0.900. The molecule has 0 aromatic carbocycles. The summed E-state index contributed by atoms with van der Waals surface area (Å²) in [6.45, 7) is 1.79. The fourth-order valence-electron chi connectivity index (χ4n) is 3.36. The van der Waals surface area contributed by atoms with Gasteiger partial charge in [-0.05, 0) is 50.1 Å². The third-order valence-corrected chi connectivity index (χ3v) is 4.49. The lowest BCUT2D eigenvalue weighted by Crippen LogP contribution is -2.32. The van der Waals surface area contributed by atoms with E-state index in [2.05, 4.69) is 9.72 Å². The first kappa shape index (κ1) is 13.2. The summed E-state index contributed by atoms with van der Waals surface area (Å²) < 4.78 is 2.17. The monoisotopic (exact) mass is 272 g/mol. The van der Waals surface area contributed by atoms with E-state index in [0.29, 0.717) is 6.04 Å². The second-order valence-corrected chi connectivity index (χ2v) is 5.58. The Hall–Kier alpha value is -1.81. The van der Waals surface area contributed by atoms with Crippen LogP contribution in [0, 0.1) is 0 Å². The molecule has 2 N–H and O–H groups in total. The Kier molecular flexibility index (Phi) is 3.26. The number of likely N-dealkylation sites (N-methyl/N-ethyl adjacent to an activating group) is 1. The maximum absolute atomic E-state index is 11.4. The van der Waals surface area contributed by atoms with Gasteiger partial charge in [-0.15, -0.1) is 0 Å². The van der Waals surface area contributed by atoms with Crippen molar-refractivity contribution in [2.24, 2.45) is 0 Å². The van der Waals surface area contributed by atoms with Crippen LogP contribution in [0.3, 0.4) is 0 Å². The number of nitrogens with zero attached hydrogens (tertiary/aromatic N) is 1. The normalized spacial score (nSPS) is 19.8. The van der Waals surface area contributed by atoms with Crippen LogP contribution in [0.2, 0.25) is 0 Å². The van der Waals surface area contributed by atoms with Gasteiger partial charge in [-0.25, -0.2) is 0 Å². The van der Waals surface area contributed by atoms with Crippen LogP contribution in [-0.4, -0.2) is 28.6 Å². The van der Waals surface area contributed by atoms with Gasteiger partial charge < -0.3 is 14.8 Å². The van der Waals surface area contributed by atoms with Crippen molar-refractivity contribution in [1.29, 1.82) is 0 Å². The zero-order valence-electron chi connectivity index (χ0n) is 11.9. The van der Waals surface area contributed by atoms with E-state index in [-0.39, 0.29) is 0 Å². The van der Waals surface area contributed by atoms with Gasteiger partial charge in [-0.2, -0.15) is 0 Å². The van der Waals surface area contributed by atoms with Gasteiger partial charge in [-0.3, -0.25) is 4.79 Å². The lowest BCUT2D eigenvalue weighted by molar-refractivity contribution is -0.138. The van der Waals surface area contributed by atoms with E-state index in [1.165, 1.54) is 11.3 Å². The summed E-state index contributed by atoms with van der Waals surface area (Å²) in [5.74, 6) is -1.21. The van der Waals surface area contributed by atoms with Gasteiger partial charge in [0.25, 0.3) is 0 Å². The molecule has 0 fully saturated rings. The van der Waals surface area contributed by atoms with Crippen LogP contribution in [-0.2, 0) is 17.6 Å². The lowest BCUT2D eigenvalue weighted by Gasteiger charge is -2.23. The predicted octanol–water partition coefficient (Wildman–Crippen LogP) is 2.20. The lowest BCUT2D eigenvalue weighted by atomic mass is 9.87. The number of aliphatic carboxylic acids is 1. The number of pyridine rings is 1. The van der Waals surface area contributed by atoms with E-state index >= 15 is 0 Å². The molecule has 2 heterocycles. The van der Waals surface area contributed by atoms with E-state index in [9.17, 15) is 9.90 Å². The topological polar surface area (TPSA) is 53.7 Å². The van der Waals surface area contributed by atoms with E-state index in [1.807, 2.05) is 31.4 Å². The highest BCUT2D eigenvalue weighted by Gasteiger charge is 2.29. The number of carboxylic acids is 1. The molecule has 4 nitrogen and oxygen atoms in total. The average molecular weight is 272 g/mol. The number of fused-ring (bicyclic) bond motifs is 3. The van der Waals surface area contributed by atoms with E-state index in [0.717, 1.165) is 30.3 Å². The van der Waals surface area contributed by atoms with Crippen molar-refractivity contribution in [3.05, 3.63) is 41.2 Å². The number of hydrogen-bond acceptors (Lipinski definition) is 2. The van der Waals surface area contributed by atoms with Crippen LogP contribution in [0.15, 0.2) is 24.4 Å². The highest BCUT2D eigenvalue weighted by Crippen LogP contribution is 2.35. The number of nitrogens with one attached hydrogen (secondary N) is 1. The molecule has 3 rings (SSSR count). The third-order valence-electron chi connectivity index (χ3n) is 4.49. The minimum atomic E-state index is -0.750. The first-order valence-corrected chi connectivity index (χ1v) is 7.14. The summed E-state index contributed by atoms with van der Waals surface area (Å²) in [6.07, 6.45) is 5.03. The van der Waals surface area contributed by atoms with Crippen molar-refractivity contribution in [2.75, 3.05) is 7.05 Å². The van der Waals surface area contributed by atoms with Gasteiger partial charge in [-0.1, -0.05) is 6.07 Å². The van der Waals surface area contributed by atoms with Gasteiger partial charge in [0, 0.05) is 29.9 Å². The van der Waals surface area contributed by atoms with E-state index < -0.39 is 11.9 Å². The second-order valence-electron chi connectivity index (χ2n) is 5.58. The molecule has 1 aliphatic carbocycles. The van der Waals surface area contributed by atoms with Crippen molar-refractivity contribution in [1.82, 2.24) is 9.72 Å². The molecule has 0 radical (unpaired) electrons. The zero-order chi connectivity index (χ0) is 14.3. The Balaban J connectivity index is 2.23. The van der Waals surface area contributed by atoms with Crippen LogP contribution >= 0.6 is 0 Å². The highest BCUT2D eigenvalue weighted by molar-refractivity contribution is 5.81. The summed E-state index contributed by atoms with van der Waals surface area (Å²) in [7, 11) is 1.99. The molecule has 1 aliphatic rings. The highest BCUT2D eigenvalue weighted by atomic mass is 16.4. The number of hydrogen-bond donors (Lipinski definition) is 2. The minimum absolute atomic E-state index is 0.456. The number of rotatable bonds is 3. The van der Waals surface area contributed by atoms with E-state index in [4.69, 9.17) is 0 Å². The van der Waals surface area contributed by atoms with Crippen molar-refractivity contribution in [3.63, 3.8) is 0 Å². The molecule has 0 aliphatic heterocycles. The largest absolute Gasteiger partial charge is 0.481 e. The summed E-state index contributed by atoms with van der Waals surface area (Å²) in [5.41, 5.74) is 4.57. The summed E-state index contributed by atoms with van der Waals surface area (Å²) in [5, 5.41) is 12.7. The van der Waals surface area contributed by atoms with Crippen molar-refractivity contribution >= 4 is 11.5 Å². The fraction of sp³-hybridized carbons (Fsp3) is 0.438. The number of carboxylic acid groups (broad SMARTS) is 1. The molecule has 0 bridgehead atoms.